The second kappa shape index (κ2) is 4.19. The Balaban J connectivity index is 2.82. The Bertz CT molecular complexity index is 279. The Labute approximate surface area is 77.5 Å². The fourth-order valence-electron chi connectivity index (χ4n) is 1.09. The molecule has 70 valence electrons. The summed E-state index contributed by atoms with van der Waals surface area (Å²) < 4.78 is 12.5. The summed E-state index contributed by atoms with van der Waals surface area (Å²) >= 11 is 0. The topological polar surface area (TPSA) is 20.2 Å². The number of aliphatic hydroxyl groups is 1. The highest BCUT2D eigenvalue weighted by molar-refractivity contribution is 5.19. The van der Waals surface area contributed by atoms with E-state index < -0.39 is 6.10 Å². The molecule has 0 unspecified atom stereocenters. The van der Waals surface area contributed by atoms with Crippen molar-refractivity contribution >= 4 is 0 Å². The zero-order valence-electron chi connectivity index (χ0n) is 7.57. The molecular weight excluding hydrogens is 167 g/mol. The largest absolute Gasteiger partial charge is 0.388 e. The molecule has 1 aromatic rings. The van der Waals surface area contributed by atoms with Crippen molar-refractivity contribution in [3.8, 4) is 0 Å². The molecule has 0 amide bonds. The minimum absolute atomic E-state index is 0.0227. The zero-order chi connectivity index (χ0) is 9.84. The van der Waals surface area contributed by atoms with Crippen molar-refractivity contribution < 1.29 is 9.50 Å². The van der Waals surface area contributed by atoms with Gasteiger partial charge in [0.1, 0.15) is 5.82 Å². The molecule has 1 aromatic carbocycles. The van der Waals surface area contributed by atoms with Crippen LogP contribution in [0.1, 0.15) is 18.6 Å². The normalized spacial score (nSPS) is 15.0. The first kappa shape index (κ1) is 9.93. The number of halogens is 1. The third kappa shape index (κ3) is 2.39. The van der Waals surface area contributed by atoms with Crippen molar-refractivity contribution in [3.63, 3.8) is 0 Å². The lowest BCUT2D eigenvalue weighted by atomic mass is 9.98. The Morgan fingerprint density at radius 3 is 2.38 bits per heavy atom. The van der Waals surface area contributed by atoms with E-state index in [0.717, 1.165) is 0 Å². The van der Waals surface area contributed by atoms with Gasteiger partial charge in [-0.2, -0.15) is 0 Å². The van der Waals surface area contributed by atoms with Crippen LogP contribution in [0.4, 0.5) is 4.39 Å². The van der Waals surface area contributed by atoms with Crippen LogP contribution in [0.15, 0.2) is 36.9 Å². The van der Waals surface area contributed by atoms with E-state index in [0.29, 0.717) is 5.56 Å². The van der Waals surface area contributed by atoms with Crippen LogP contribution in [0, 0.1) is 11.7 Å². The number of rotatable bonds is 3. The van der Waals surface area contributed by atoms with Gasteiger partial charge in [-0.15, -0.1) is 6.58 Å². The van der Waals surface area contributed by atoms with Crippen molar-refractivity contribution in [1.82, 2.24) is 0 Å². The van der Waals surface area contributed by atoms with Crippen LogP contribution in [0.25, 0.3) is 0 Å². The molecular formula is C11H13FO. The molecule has 0 bridgehead atoms. The minimum atomic E-state index is -0.599. The van der Waals surface area contributed by atoms with Crippen LogP contribution in [-0.4, -0.2) is 5.11 Å². The van der Waals surface area contributed by atoms with Gasteiger partial charge in [-0.1, -0.05) is 25.1 Å². The van der Waals surface area contributed by atoms with Crippen LogP contribution in [-0.2, 0) is 0 Å². The average molecular weight is 180 g/mol. The van der Waals surface area contributed by atoms with Gasteiger partial charge in [0, 0.05) is 5.92 Å². The molecule has 13 heavy (non-hydrogen) atoms. The highest BCUT2D eigenvalue weighted by atomic mass is 19.1. The summed E-state index contributed by atoms with van der Waals surface area (Å²) in [4.78, 5) is 0. The maximum atomic E-state index is 12.5. The molecule has 0 aliphatic rings. The van der Waals surface area contributed by atoms with Crippen LogP contribution < -0.4 is 0 Å². The monoisotopic (exact) mass is 180 g/mol. The summed E-state index contributed by atoms with van der Waals surface area (Å²) in [5.74, 6) is -0.312. The Hall–Kier alpha value is -1.15. The first-order chi connectivity index (χ1) is 6.15. The number of hydrogen-bond acceptors (Lipinski definition) is 1. The lowest BCUT2D eigenvalue weighted by molar-refractivity contribution is 0.140. The van der Waals surface area contributed by atoms with E-state index in [1.54, 1.807) is 18.2 Å². The molecule has 0 heterocycles. The number of benzene rings is 1. The number of aliphatic hydroxyl groups excluding tert-OH is 1. The summed E-state index contributed by atoms with van der Waals surface area (Å²) in [5.41, 5.74) is 0.716. The van der Waals surface area contributed by atoms with E-state index in [9.17, 15) is 9.50 Å². The first-order valence-electron chi connectivity index (χ1n) is 4.21. The van der Waals surface area contributed by atoms with Crippen LogP contribution in [0.3, 0.4) is 0 Å². The van der Waals surface area contributed by atoms with E-state index in [2.05, 4.69) is 6.58 Å². The van der Waals surface area contributed by atoms with E-state index in [1.807, 2.05) is 6.92 Å². The van der Waals surface area contributed by atoms with E-state index in [4.69, 9.17) is 0 Å². The van der Waals surface area contributed by atoms with Crippen molar-refractivity contribution in [2.24, 2.45) is 5.92 Å². The van der Waals surface area contributed by atoms with Crippen molar-refractivity contribution in [3.05, 3.63) is 48.3 Å². The Morgan fingerprint density at radius 1 is 1.38 bits per heavy atom. The molecule has 0 saturated heterocycles. The lowest BCUT2D eigenvalue weighted by Gasteiger charge is -2.15. The third-order valence-electron chi connectivity index (χ3n) is 2.08. The van der Waals surface area contributed by atoms with Gasteiger partial charge >= 0.3 is 0 Å². The molecule has 1 N–H and O–H groups in total. The molecule has 1 nitrogen and oxygen atoms in total. The van der Waals surface area contributed by atoms with Gasteiger partial charge in [0.2, 0.25) is 0 Å². The quantitative estimate of drug-likeness (QED) is 0.709. The fraction of sp³-hybridized carbons (Fsp3) is 0.273. The molecule has 2 atom stereocenters. The van der Waals surface area contributed by atoms with Crippen molar-refractivity contribution in [2.75, 3.05) is 0 Å². The van der Waals surface area contributed by atoms with Crippen LogP contribution in [0.5, 0.6) is 0 Å². The van der Waals surface area contributed by atoms with Crippen molar-refractivity contribution in [2.45, 2.75) is 13.0 Å². The van der Waals surface area contributed by atoms with Gasteiger partial charge in [-0.25, -0.2) is 4.39 Å². The van der Waals surface area contributed by atoms with Gasteiger partial charge in [0.15, 0.2) is 0 Å². The SMILES string of the molecule is C=C[C@H](C)[C@@H](O)c1ccc(F)cc1. The van der Waals surface area contributed by atoms with Crippen LogP contribution >= 0.6 is 0 Å². The van der Waals surface area contributed by atoms with Gasteiger partial charge in [-0.05, 0) is 17.7 Å². The Kier molecular flexibility index (Phi) is 3.20. The molecule has 0 aliphatic carbocycles. The zero-order valence-corrected chi connectivity index (χ0v) is 7.57. The molecule has 2 heteroatoms. The smallest absolute Gasteiger partial charge is 0.123 e. The third-order valence-corrected chi connectivity index (χ3v) is 2.08. The average Bonchev–Trinajstić information content (AvgIpc) is 2.17. The van der Waals surface area contributed by atoms with E-state index in [1.165, 1.54) is 12.1 Å². The standard InChI is InChI=1S/C11H13FO/c1-3-8(2)11(13)9-4-6-10(12)7-5-9/h3-8,11,13H,1H2,2H3/t8-,11+/m0/s1. The summed E-state index contributed by atoms with van der Waals surface area (Å²) in [6.07, 6.45) is 1.08. The molecule has 0 radical (unpaired) electrons. The molecule has 0 fully saturated rings. The maximum Gasteiger partial charge on any atom is 0.123 e. The second-order valence-corrected chi connectivity index (χ2v) is 3.09. The maximum absolute atomic E-state index is 12.5. The Morgan fingerprint density at radius 2 is 1.92 bits per heavy atom. The minimum Gasteiger partial charge on any atom is -0.388 e. The van der Waals surface area contributed by atoms with Crippen molar-refractivity contribution in [1.29, 1.82) is 0 Å². The molecule has 0 spiro atoms. The predicted molar refractivity (Wildman–Crippen MR) is 50.7 cm³/mol. The molecule has 0 aliphatic heterocycles. The molecule has 0 saturated carbocycles. The van der Waals surface area contributed by atoms with Gasteiger partial charge in [-0.3, -0.25) is 0 Å². The second-order valence-electron chi connectivity index (χ2n) is 3.09. The van der Waals surface area contributed by atoms with E-state index in [-0.39, 0.29) is 11.7 Å². The predicted octanol–water partition coefficient (Wildman–Crippen LogP) is 2.68. The van der Waals surface area contributed by atoms with E-state index >= 15 is 0 Å². The number of hydrogen-bond donors (Lipinski definition) is 1. The van der Waals surface area contributed by atoms with Gasteiger partial charge in [0.05, 0.1) is 6.10 Å². The highest BCUT2D eigenvalue weighted by Gasteiger charge is 2.12. The van der Waals surface area contributed by atoms with Gasteiger partial charge in [0.25, 0.3) is 0 Å². The first-order valence-corrected chi connectivity index (χ1v) is 4.21. The summed E-state index contributed by atoms with van der Waals surface area (Å²) in [6.45, 7) is 5.45. The van der Waals surface area contributed by atoms with Gasteiger partial charge < -0.3 is 5.11 Å². The lowest BCUT2D eigenvalue weighted by Crippen LogP contribution is -2.06. The summed E-state index contributed by atoms with van der Waals surface area (Å²) in [6, 6.07) is 5.85. The summed E-state index contributed by atoms with van der Waals surface area (Å²) in [5, 5.41) is 9.69. The molecule has 1 rings (SSSR count). The fourth-order valence-corrected chi connectivity index (χ4v) is 1.09. The molecule has 0 aromatic heterocycles. The summed E-state index contributed by atoms with van der Waals surface area (Å²) in [7, 11) is 0. The highest BCUT2D eigenvalue weighted by Crippen LogP contribution is 2.22. The van der Waals surface area contributed by atoms with Crippen LogP contribution in [0.2, 0.25) is 0 Å².